The third kappa shape index (κ3) is 3.97. The van der Waals surface area contributed by atoms with Crippen molar-refractivity contribution in [1.82, 2.24) is 4.90 Å². The van der Waals surface area contributed by atoms with Crippen molar-refractivity contribution in [3.8, 4) is 5.75 Å². The Balaban J connectivity index is 2.17. The van der Waals surface area contributed by atoms with Crippen LogP contribution in [-0.4, -0.2) is 25.6 Å². The first kappa shape index (κ1) is 15.8. The molecule has 2 aromatic carbocycles. The fourth-order valence-electron chi connectivity index (χ4n) is 2.46. The van der Waals surface area contributed by atoms with Crippen molar-refractivity contribution in [2.45, 2.75) is 12.6 Å². The van der Waals surface area contributed by atoms with Crippen LogP contribution in [0.3, 0.4) is 0 Å². The number of halogens is 1. The zero-order valence-electron chi connectivity index (χ0n) is 12.4. The molecule has 2 aromatic rings. The monoisotopic (exact) mass is 304 g/mol. The second-order valence-electron chi connectivity index (χ2n) is 5.04. The van der Waals surface area contributed by atoms with Crippen LogP contribution in [0.1, 0.15) is 17.2 Å². The summed E-state index contributed by atoms with van der Waals surface area (Å²) in [5, 5.41) is 0.755. The maximum absolute atomic E-state index is 6.29. The first-order chi connectivity index (χ1) is 10.2. The van der Waals surface area contributed by atoms with E-state index in [1.165, 1.54) is 5.56 Å². The van der Waals surface area contributed by atoms with E-state index in [2.05, 4.69) is 18.0 Å². The number of methoxy groups -OCH3 is 1. The van der Waals surface area contributed by atoms with Gasteiger partial charge in [0.2, 0.25) is 0 Å². The van der Waals surface area contributed by atoms with Gasteiger partial charge in [0, 0.05) is 24.2 Å². The Kier molecular flexibility index (Phi) is 5.62. The van der Waals surface area contributed by atoms with E-state index < -0.39 is 0 Å². The molecule has 0 aliphatic carbocycles. The van der Waals surface area contributed by atoms with Crippen LogP contribution < -0.4 is 10.5 Å². The highest BCUT2D eigenvalue weighted by Gasteiger charge is 2.18. The third-order valence-electron chi connectivity index (χ3n) is 3.59. The number of nitrogens with zero attached hydrogens (tertiary/aromatic N) is 1. The molecule has 1 atom stereocenters. The van der Waals surface area contributed by atoms with Crippen molar-refractivity contribution in [3.05, 3.63) is 64.7 Å². The quantitative estimate of drug-likeness (QED) is 0.888. The van der Waals surface area contributed by atoms with Crippen LogP contribution in [0.25, 0.3) is 0 Å². The summed E-state index contributed by atoms with van der Waals surface area (Å²) in [5.74, 6) is 0.864. The highest BCUT2D eigenvalue weighted by Crippen LogP contribution is 2.27. The zero-order chi connectivity index (χ0) is 15.2. The molecule has 0 bridgehead atoms. The molecule has 0 saturated heterocycles. The van der Waals surface area contributed by atoms with Gasteiger partial charge >= 0.3 is 0 Å². The lowest BCUT2D eigenvalue weighted by molar-refractivity contribution is 0.241. The van der Waals surface area contributed by atoms with E-state index in [0.29, 0.717) is 6.54 Å². The van der Waals surface area contributed by atoms with Gasteiger partial charge in [-0.3, -0.25) is 4.90 Å². The number of hydrogen-bond donors (Lipinski definition) is 1. The minimum absolute atomic E-state index is 0.0879. The van der Waals surface area contributed by atoms with Crippen molar-refractivity contribution in [3.63, 3.8) is 0 Å². The number of nitrogens with two attached hydrogens (primary N) is 1. The lowest BCUT2D eigenvalue weighted by Gasteiger charge is -2.28. The highest BCUT2D eigenvalue weighted by atomic mass is 35.5. The Morgan fingerprint density at radius 3 is 2.62 bits per heavy atom. The van der Waals surface area contributed by atoms with E-state index in [1.54, 1.807) is 7.11 Å². The molecule has 0 fully saturated rings. The summed E-state index contributed by atoms with van der Waals surface area (Å²) in [5.41, 5.74) is 8.20. The van der Waals surface area contributed by atoms with Crippen molar-refractivity contribution < 1.29 is 4.74 Å². The van der Waals surface area contributed by atoms with Gasteiger partial charge in [0.05, 0.1) is 7.11 Å². The average Bonchev–Trinajstić information content (AvgIpc) is 2.50. The van der Waals surface area contributed by atoms with E-state index in [9.17, 15) is 0 Å². The van der Waals surface area contributed by atoms with Gasteiger partial charge in [0.25, 0.3) is 0 Å². The molecule has 3 nitrogen and oxygen atoms in total. The molecule has 112 valence electrons. The Morgan fingerprint density at radius 1 is 1.19 bits per heavy atom. The molecule has 2 N–H and O–H groups in total. The van der Waals surface area contributed by atoms with Crippen LogP contribution in [0, 0.1) is 0 Å². The van der Waals surface area contributed by atoms with Gasteiger partial charge in [-0.25, -0.2) is 0 Å². The lowest BCUT2D eigenvalue weighted by Crippen LogP contribution is -2.30. The summed E-state index contributed by atoms with van der Waals surface area (Å²) in [4.78, 5) is 2.20. The number of rotatable bonds is 6. The lowest BCUT2D eigenvalue weighted by atomic mass is 10.0. The van der Waals surface area contributed by atoms with E-state index in [1.807, 2.05) is 42.5 Å². The van der Waals surface area contributed by atoms with Gasteiger partial charge in [-0.1, -0.05) is 41.9 Å². The standard InChI is InChI=1S/C17H21ClN2O/c1-20(12-13-6-5-7-14(10-13)21-2)17(11-19)15-8-3-4-9-16(15)18/h3-10,17H,11-12,19H2,1-2H3. The molecule has 0 saturated carbocycles. The Labute approximate surface area is 131 Å². The number of likely N-dealkylation sites (N-methyl/N-ethyl adjacent to an activating group) is 1. The summed E-state index contributed by atoms with van der Waals surface area (Å²) >= 11 is 6.29. The predicted molar refractivity (Wildman–Crippen MR) is 87.7 cm³/mol. The smallest absolute Gasteiger partial charge is 0.119 e. The molecule has 2 rings (SSSR count). The molecule has 21 heavy (non-hydrogen) atoms. The first-order valence-electron chi connectivity index (χ1n) is 6.93. The van der Waals surface area contributed by atoms with Gasteiger partial charge in [-0.2, -0.15) is 0 Å². The van der Waals surface area contributed by atoms with Crippen molar-refractivity contribution in [1.29, 1.82) is 0 Å². The van der Waals surface area contributed by atoms with Gasteiger partial charge in [-0.05, 0) is 36.4 Å². The van der Waals surface area contributed by atoms with E-state index in [0.717, 1.165) is 22.9 Å². The minimum atomic E-state index is 0.0879. The minimum Gasteiger partial charge on any atom is -0.497 e. The maximum atomic E-state index is 6.29. The number of benzene rings is 2. The summed E-state index contributed by atoms with van der Waals surface area (Å²) < 4.78 is 5.26. The molecular weight excluding hydrogens is 284 g/mol. The predicted octanol–water partition coefficient (Wildman–Crippen LogP) is 3.48. The fourth-order valence-corrected chi connectivity index (χ4v) is 2.72. The molecule has 0 radical (unpaired) electrons. The van der Waals surface area contributed by atoms with Gasteiger partial charge in [0.15, 0.2) is 0 Å². The molecule has 0 heterocycles. The van der Waals surface area contributed by atoms with Crippen molar-refractivity contribution >= 4 is 11.6 Å². The molecule has 0 spiro atoms. The van der Waals surface area contributed by atoms with E-state index in [-0.39, 0.29) is 6.04 Å². The number of hydrogen-bond acceptors (Lipinski definition) is 3. The van der Waals surface area contributed by atoms with E-state index in [4.69, 9.17) is 22.1 Å². The van der Waals surface area contributed by atoms with Crippen molar-refractivity contribution in [2.24, 2.45) is 5.73 Å². The van der Waals surface area contributed by atoms with Crippen molar-refractivity contribution in [2.75, 3.05) is 20.7 Å². The molecule has 0 aromatic heterocycles. The summed E-state index contributed by atoms with van der Waals surface area (Å²) in [6.45, 7) is 1.30. The Morgan fingerprint density at radius 2 is 1.95 bits per heavy atom. The van der Waals surface area contributed by atoms with Crippen LogP contribution in [0.4, 0.5) is 0 Å². The summed E-state index contributed by atoms with van der Waals surface area (Å²) in [6, 6.07) is 16.0. The van der Waals surface area contributed by atoms with Gasteiger partial charge < -0.3 is 10.5 Å². The highest BCUT2D eigenvalue weighted by molar-refractivity contribution is 6.31. The third-order valence-corrected chi connectivity index (χ3v) is 3.93. The normalized spacial score (nSPS) is 12.4. The fraction of sp³-hybridized carbons (Fsp3) is 0.294. The molecule has 0 amide bonds. The van der Waals surface area contributed by atoms with Crippen LogP contribution in [0.15, 0.2) is 48.5 Å². The van der Waals surface area contributed by atoms with Gasteiger partial charge in [0.1, 0.15) is 5.75 Å². The topological polar surface area (TPSA) is 38.5 Å². The van der Waals surface area contributed by atoms with E-state index >= 15 is 0 Å². The number of ether oxygens (including phenoxy) is 1. The van der Waals surface area contributed by atoms with Crippen LogP contribution >= 0.6 is 11.6 Å². The van der Waals surface area contributed by atoms with Crippen LogP contribution in [-0.2, 0) is 6.54 Å². The van der Waals surface area contributed by atoms with Gasteiger partial charge in [-0.15, -0.1) is 0 Å². The largest absolute Gasteiger partial charge is 0.497 e. The second kappa shape index (κ2) is 7.46. The molecule has 1 unspecified atom stereocenters. The molecule has 4 heteroatoms. The Hall–Kier alpha value is -1.55. The molecule has 0 aliphatic rings. The molecule has 0 aliphatic heterocycles. The maximum Gasteiger partial charge on any atom is 0.119 e. The zero-order valence-corrected chi connectivity index (χ0v) is 13.2. The molecular formula is C17H21ClN2O. The summed E-state index contributed by atoms with van der Waals surface area (Å²) in [6.07, 6.45) is 0. The van der Waals surface area contributed by atoms with Crippen LogP contribution in [0.2, 0.25) is 5.02 Å². The second-order valence-corrected chi connectivity index (χ2v) is 5.45. The first-order valence-corrected chi connectivity index (χ1v) is 7.31. The average molecular weight is 305 g/mol. The SMILES string of the molecule is COc1cccc(CN(C)C(CN)c2ccccc2Cl)c1. The van der Waals surface area contributed by atoms with Crippen LogP contribution in [0.5, 0.6) is 5.75 Å². The summed E-state index contributed by atoms with van der Waals surface area (Å²) in [7, 11) is 3.73. The Bertz CT molecular complexity index is 589.